The van der Waals surface area contributed by atoms with E-state index in [1.54, 1.807) is 0 Å². The van der Waals surface area contributed by atoms with Crippen LogP contribution in [0.5, 0.6) is 0 Å². The van der Waals surface area contributed by atoms with Crippen LogP contribution in [0.3, 0.4) is 0 Å². The van der Waals surface area contributed by atoms with Crippen LogP contribution in [0.1, 0.15) is 37.5 Å². The number of allylic oxidation sites excluding steroid dienone is 1. The van der Waals surface area contributed by atoms with Crippen molar-refractivity contribution in [2.75, 3.05) is 5.32 Å². The van der Waals surface area contributed by atoms with Crippen LogP contribution in [0.15, 0.2) is 58.6 Å². The number of anilines is 1. The van der Waals surface area contributed by atoms with Gasteiger partial charge in [-0.2, -0.15) is 0 Å². The number of hydrogen-bond acceptors (Lipinski definition) is 5. The summed E-state index contributed by atoms with van der Waals surface area (Å²) in [6, 6.07) is 11.1. The van der Waals surface area contributed by atoms with E-state index >= 15 is 0 Å². The normalized spacial score (nSPS) is 20.7. The van der Waals surface area contributed by atoms with E-state index in [1.807, 2.05) is 38.1 Å². The lowest BCUT2D eigenvalue weighted by molar-refractivity contribution is -0.385. The van der Waals surface area contributed by atoms with E-state index < -0.39 is 16.0 Å². The number of non-ortho nitro benzene ring substituents is 1. The molecule has 1 atom stereocenters. The molecular weight excluding hydrogens is 379 g/mol. The number of para-hydroxylation sites is 1. The zero-order chi connectivity index (χ0) is 20.1. The fraction of sp³-hybridized carbons (Fsp3) is 0.286. The van der Waals surface area contributed by atoms with Crippen molar-refractivity contribution >= 4 is 28.9 Å². The van der Waals surface area contributed by atoms with Gasteiger partial charge in [-0.25, -0.2) is 4.39 Å². The van der Waals surface area contributed by atoms with Crippen LogP contribution in [0.4, 0.5) is 15.8 Å². The molecule has 0 radical (unpaired) electrons. The maximum atomic E-state index is 14.8. The molecule has 7 heteroatoms. The van der Waals surface area contributed by atoms with Crippen LogP contribution in [-0.4, -0.2) is 10.7 Å². The van der Waals surface area contributed by atoms with Crippen LogP contribution in [0, 0.1) is 21.3 Å². The van der Waals surface area contributed by atoms with Crippen molar-refractivity contribution in [1.82, 2.24) is 0 Å². The molecule has 1 aliphatic heterocycles. The van der Waals surface area contributed by atoms with Crippen molar-refractivity contribution in [3.63, 3.8) is 0 Å². The number of rotatable bonds is 2. The maximum absolute atomic E-state index is 14.8. The lowest BCUT2D eigenvalue weighted by Crippen LogP contribution is -2.29. The third-order valence-electron chi connectivity index (χ3n) is 5.07. The lowest BCUT2D eigenvalue weighted by atomic mass is 9.74. The van der Waals surface area contributed by atoms with Gasteiger partial charge in [-0.1, -0.05) is 26.0 Å². The van der Waals surface area contributed by atoms with Gasteiger partial charge in [0.1, 0.15) is 5.82 Å². The molecule has 0 bridgehead atoms. The van der Waals surface area contributed by atoms with E-state index in [0.717, 1.165) is 28.4 Å². The zero-order valence-electron chi connectivity index (χ0n) is 15.5. The highest BCUT2D eigenvalue weighted by molar-refractivity contribution is 8.00. The number of carbonyl (C=O) groups is 1. The average Bonchev–Trinajstić information content (AvgIpc) is 2.77. The molecule has 2 aliphatic rings. The molecule has 1 aliphatic carbocycles. The molecule has 0 saturated heterocycles. The van der Waals surface area contributed by atoms with Gasteiger partial charge in [0, 0.05) is 40.3 Å². The molecule has 1 unspecified atom stereocenters. The Labute approximate surface area is 166 Å². The molecule has 0 fully saturated rings. The lowest BCUT2D eigenvalue weighted by Gasteiger charge is -2.33. The van der Waals surface area contributed by atoms with Crippen LogP contribution < -0.4 is 5.32 Å². The topological polar surface area (TPSA) is 72.2 Å². The van der Waals surface area contributed by atoms with Crippen molar-refractivity contribution in [2.45, 2.75) is 36.8 Å². The molecule has 5 nitrogen and oxygen atoms in total. The highest BCUT2D eigenvalue weighted by Gasteiger charge is 2.40. The minimum atomic E-state index is -0.644. The zero-order valence-corrected chi connectivity index (χ0v) is 16.3. The van der Waals surface area contributed by atoms with E-state index in [-0.39, 0.29) is 22.4 Å². The van der Waals surface area contributed by atoms with Crippen molar-refractivity contribution < 1.29 is 14.1 Å². The smallest absolute Gasteiger partial charge is 0.269 e. The average molecular weight is 398 g/mol. The minimum absolute atomic E-state index is 0.0463. The summed E-state index contributed by atoms with van der Waals surface area (Å²) in [7, 11) is 0. The van der Waals surface area contributed by atoms with Gasteiger partial charge in [0.05, 0.1) is 15.9 Å². The van der Waals surface area contributed by atoms with Gasteiger partial charge >= 0.3 is 0 Å². The number of hydrogen-bond donors (Lipinski definition) is 1. The highest BCUT2D eigenvalue weighted by Crippen LogP contribution is 2.52. The second-order valence-electron chi connectivity index (χ2n) is 7.92. The molecule has 28 heavy (non-hydrogen) atoms. The molecule has 2 aromatic carbocycles. The molecule has 0 aromatic heterocycles. The summed E-state index contributed by atoms with van der Waals surface area (Å²) in [5.74, 6) is -0.595. The van der Waals surface area contributed by atoms with Gasteiger partial charge in [0.15, 0.2) is 5.78 Å². The fourth-order valence-corrected chi connectivity index (χ4v) is 5.19. The van der Waals surface area contributed by atoms with E-state index in [1.165, 1.54) is 17.8 Å². The summed E-state index contributed by atoms with van der Waals surface area (Å²) >= 11 is 1.35. The van der Waals surface area contributed by atoms with Crippen LogP contribution >= 0.6 is 11.8 Å². The van der Waals surface area contributed by atoms with E-state index in [9.17, 15) is 19.3 Å². The molecule has 1 heterocycles. The van der Waals surface area contributed by atoms with Crippen molar-refractivity contribution in [1.29, 1.82) is 0 Å². The molecule has 2 aromatic rings. The monoisotopic (exact) mass is 398 g/mol. The third kappa shape index (κ3) is 3.30. The van der Waals surface area contributed by atoms with Crippen molar-refractivity contribution in [2.24, 2.45) is 5.41 Å². The first kappa shape index (κ1) is 18.7. The number of thioether (sulfide) groups is 1. The third-order valence-corrected chi connectivity index (χ3v) is 6.41. The summed E-state index contributed by atoms with van der Waals surface area (Å²) < 4.78 is 14.8. The van der Waals surface area contributed by atoms with Gasteiger partial charge in [-0.05, 0) is 30.0 Å². The largest absolute Gasteiger partial charge is 0.358 e. The van der Waals surface area contributed by atoms with Crippen molar-refractivity contribution in [3.05, 3.63) is 75.2 Å². The Morgan fingerprint density at radius 3 is 2.71 bits per heavy atom. The number of nitrogens with zero attached hydrogens (tertiary/aromatic N) is 1. The summed E-state index contributed by atoms with van der Waals surface area (Å²) in [6.45, 7) is 4.06. The van der Waals surface area contributed by atoms with Gasteiger partial charge in [-0.15, -0.1) is 11.8 Å². The Hall–Kier alpha value is -2.67. The van der Waals surface area contributed by atoms with E-state index in [2.05, 4.69) is 5.32 Å². The number of ketones is 1. The molecule has 144 valence electrons. The number of carbonyl (C=O) groups excluding carboxylic acids is 1. The number of halogens is 1. The molecule has 4 rings (SSSR count). The molecule has 0 saturated carbocycles. The van der Waals surface area contributed by atoms with E-state index in [0.29, 0.717) is 18.4 Å². The molecule has 0 amide bonds. The molecule has 1 N–H and O–H groups in total. The summed E-state index contributed by atoms with van der Waals surface area (Å²) in [6.07, 6.45) is 1.01. The fourth-order valence-electron chi connectivity index (χ4n) is 3.84. The number of nitro groups is 1. The van der Waals surface area contributed by atoms with Crippen LogP contribution in [0.25, 0.3) is 0 Å². The quantitative estimate of drug-likeness (QED) is 0.524. The Bertz CT molecular complexity index is 1030. The SMILES string of the molecule is CC1(C)CC(=O)C2=C(C1)Nc1ccccc1SC2c1cc([N+](=O)[O-])ccc1F. The van der Waals surface area contributed by atoms with Crippen molar-refractivity contribution in [3.8, 4) is 0 Å². The minimum Gasteiger partial charge on any atom is -0.358 e. The summed E-state index contributed by atoms with van der Waals surface area (Å²) in [5, 5.41) is 14.0. The highest BCUT2D eigenvalue weighted by atomic mass is 32.2. The van der Waals surface area contributed by atoms with Crippen LogP contribution in [0.2, 0.25) is 0 Å². The first-order chi connectivity index (χ1) is 13.2. The van der Waals surface area contributed by atoms with Gasteiger partial charge < -0.3 is 5.32 Å². The van der Waals surface area contributed by atoms with Gasteiger partial charge in [-0.3, -0.25) is 14.9 Å². The predicted molar refractivity (Wildman–Crippen MR) is 107 cm³/mol. The maximum Gasteiger partial charge on any atom is 0.269 e. The van der Waals surface area contributed by atoms with E-state index in [4.69, 9.17) is 0 Å². The Kier molecular flexibility index (Phi) is 4.50. The first-order valence-corrected chi connectivity index (χ1v) is 9.86. The molecular formula is C21H19FN2O3S. The number of fused-ring (bicyclic) bond motifs is 1. The predicted octanol–water partition coefficient (Wildman–Crippen LogP) is 5.64. The number of benzene rings is 2. The van der Waals surface area contributed by atoms with Crippen LogP contribution in [-0.2, 0) is 4.79 Å². The number of Topliss-reactive ketones (excluding diaryl/α,β-unsaturated/α-hetero) is 1. The standard InChI is InChI=1S/C21H19FN2O3S/c1-21(2)10-16-19(17(25)11-21)20(28-18-6-4-3-5-15(18)23-16)13-9-12(24(26)27)7-8-14(13)22/h3-9,20,23H,10-11H2,1-2H3. The Balaban J connectivity index is 1.93. The number of nitrogens with one attached hydrogen (secondary N) is 1. The second-order valence-corrected chi connectivity index (χ2v) is 9.06. The Morgan fingerprint density at radius 1 is 1.21 bits per heavy atom. The second kappa shape index (κ2) is 6.74. The summed E-state index contributed by atoms with van der Waals surface area (Å²) in [4.78, 5) is 24.7. The molecule has 0 spiro atoms. The first-order valence-electron chi connectivity index (χ1n) is 8.98. The summed E-state index contributed by atoms with van der Waals surface area (Å²) in [5.41, 5.74) is 1.92. The van der Waals surface area contributed by atoms with Gasteiger partial charge in [0.2, 0.25) is 0 Å². The number of nitro benzene ring substituents is 1. The Morgan fingerprint density at radius 2 is 1.96 bits per heavy atom. The van der Waals surface area contributed by atoms with Gasteiger partial charge in [0.25, 0.3) is 5.69 Å².